The molecule has 0 aliphatic carbocycles. The molecule has 27 heavy (non-hydrogen) atoms. The maximum absolute atomic E-state index is 4.79. The molecule has 0 spiro atoms. The summed E-state index contributed by atoms with van der Waals surface area (Å²) >= 11 is 0. The molecule has 0 saturated heterocycles. The van der Waals surface area contributed by atoms with E-state index in [2.05, 4.69) is 39.2 Å². The molecule has 0 aliphatic rings. The zero-order chi connectivity index (χ0) is 19.0. The Kier molecular flexibility index (Phi) is 4.31. The lowest BCUT2D eigenvalue weighted by Crippen LogP contribution is -2.21. The summed E-state index contributed by atoms with van der Waals surface area (Å²) in [6, 6.07) is 3.84. The van der Waals surface area contributed by atoms with Gasteiger partial charge in [-0.1, -0.05) is 13.8 Å². The Morgan fingerprint density at radius 3 is 2.59 bits per heavy atom. The summed E-state index contributed by atoms with van der Waals surface area (Å²) in [5, 5.41) is 8.82. The zero-order valence-corrected chi connectivity index (χ0v) is 15.8. The van der Waals surface area contributed by atoms with Crippen LogP contribution in [0.5, 0.6) is 0 Å². The molecule has 0 fully saturated rings. The van der Waals surface area contributed by atoms with Crippen LogP contribution < -0.4 is 5.32 Å². The number of pyridine rings is 1. The molecule has 0 saturated carbocycles. The monoisotopic (exact) mass is 362 g/mol. The lowest BCUT2D eigenvalue weighted by atomic mass is 10.0. The molecule has 0 aliphatic heterocycles. The van der Waals surface area contributed by atoms with Gasteiger partial charge in [0.15, 0.2) is 11.5 Å². The molecule has 4 rings (SSSR count). The van der Waals surface area contributed by atoms with Crippen molar-refractivity contribution in [1.82, 2.24) is 34.3 Å². The Morgan fingerprint density at radius 2 is 1.93 bits per heavy atom. The minimum atomic E-state index is 0.00468. The highest BCUT2D eigenvalue weighted by Crippen LogP contribution is 2.30. The van der Waals surface area contributed by atoms with E-state index in [0.29, 0.717) is 11.7 Å². The number of fused-ring (bicyclic) bond motifs is 1. The summed E-state index contributed by atoms with van der Waals surface area (Å²) in [5.41, 5.74) is 1.63. The minimum absolute atomic E-state index is 0.00468. The Balaban J connectivity index is 1.84. The number of nitrogens with zero attached hydrogens (tertiary/aromatic N) is 7. The summed E-state index contributed by atoms with van der Waals surface area (Å²) in [4.78, 5) is 18.2. The molecule has 138 valence electrons. The molecule has 0 radical (unpaired) electrons. The van der Waals surface area contributed by atoms with Crippen molar-refractivity contribution in [2.24, 2.45) is 20.0 Å². The molecule has 1 N–H and O–H groups in total. The van der Waals surface area contributed by atoms with E-state index in [4.69, 9.17) is 4.98 Å². The van der Waals surface area contributed by atoms with Gasteiger partial charge in [-0.25, -0.2) is 15.0 Å². The van der Waals surface area contributed by atoms with Crippen LogP contribution in [-0.4, -0.2) is 34.3 Å². The number of aromatic nitrogens is 7. The van der Waals surface area contributed by atoms with Crippen LogP contribution in [0.3, 0.4) is 0 Å². The molecule has 0 amide bonds. The quantitative estimate of drug-likeness (QED) is 0.587. The summed E-state index contributed by atoms with van der Waals surface area (Å²) < 4.78 is 3.79. The Morgan fingerprint density at radius 1 is 1.07 bits per heavy atom. The molecule has 0 unspecified atom stereocenters. The van der Waals surface area contributed by atoms with Gasteiger partial charge in [0.1, 0.15) is 11.6 Å². The largest absolute Gasteiger partial charge is 0.359 e. The fourth-order valence-corrected chi connectivity index (χ4v) is 3.11. The van der Waals surface area contributed by atoms with Gasteiger partial charge < -0.3 is 9.88 Å². The smallest absolute Gasteiger partial charge is 0.165 e. The number of aryl methyl sites for hydroxylation is 2. The number of hydrogen-bond acceptors (Lipinski definition) is 6. The third kappa shape index (κ3) is 3.14. The van der Waals surface area contributed by atoms with Gasteiger partial charge in [-0.3, -0.25) is 9.67 Å². The number of rotatable bonds is 5. The maximum atomic E-state index is 4.79. The first-order valence-electron chi connectivity index (χ1n) is 8.88. The van der Waals surface area contributed by atoms with E-state index < -0.39 is 0 Å². The van der Waals surface area contributed by atoms with Crippen LogP contribution in [-0.2, 0) is 14.1 Å². The zero-order valence-electron chi connectivity index (χ0n) is 15.8. The van der Waals surface area contributed by atoms with E-state index in [1.54, 1.807) is 23.3 Å². The Labute approximate surface area is 157 Å². The van der Waals surface area contributed by atoms with E-state index in [1.807, 2.05) is 43.2 Å². The second-order valence-electron chi connectivity index (χ2n) is 6.91. The van der Waals surface area contributed by atoms with E-state index in [9.17, 15) is 0 Å². The van der Waals surface area contributed by atoms with Crippen LogP contribution in [0.4, 0.5) is 5.82 Å². The average Bonchev–Trinajstić information content (AvgIpc) is 3.26. The van der Waals surface area contributed by atoms with E-state index in [0.717, 1.165) is 28.2 Å². The van der Waals surface area contributed by atoms with Gasteiger partial charge >= 0.3 is 0 Å². The Hall–Kier alpha value is -3.29. The fourth-order valence-electron chi connectivity index (χ4n) is 3.11. The third-order valence-electron chi connectivity index (χ3n) is 4.61. The molecular weight excluding hydrogens is 340 g/mol. The topological polar surface area (TPSA) is 86.3 Å². The fraction of sp³-hybridized carbons (Fsp3) is 0.316. The first kappa shape index (κ1) is 17.1. The minimum Gasteiger partial charge on any atom is -0.359 e. The van der Waals surface area contributed by atoms with Crippen molar-refractivity contribution in [2.45, 2.75) is 19.9 Å². The van der Waals surface area contributed by atoms with Crippen LogP contribution in [0.15, 0.2) is 43.1 Å². The second-order valence-corrected chi connectivity index (χ2v) is 6.91. The summed E-state index contributed by atoms with van der Waals surface area (Å²) in [7, 11) is 3.88. The van der Waals surface area contributed by atoms with Crippen molar-refractivity contribution in [3.8, 4) is 11.4 Å². The molecule has 8 heteroatoms. The van der Waals surface area contributed by atoms with Gasteiger partial charge in [-0.05, 0) is 18.1 Å². The van der Waals surface area contributed by atoms with Crippen LogP contribution in [0.2, 0.25) is 0 Å². The predicted molar refractivity (Wildman–Crippen MR) is 104 cm³/mol. The van der Waals surface area contributed by atoms with E-state index >= 15 is 0 Å². The molecular formula is C19H22N8. The van der Waals surface area contributed by atoms with Crippen molar-refractivity contribution in [2.75, 3.05) is 5.32 Å². The van der Waals surface area contributed by atoms with Gasteiger partial charge in [-0.15, -0.1) is 0 Å². The van der Waals surface area contributed by atoms with Gasteiger partial charge in [0.25, 0.3) is 0 Å². The average molecular weight is 362 g/mol. The van der Waals surface area contributed by atoms with Gasteiger partial charge in [0.2, 0.25) is 0 Å². The van der Waals surface area contributed by atoms with Gasteiger partial charge in [0, 0.05) is 44.4 Å². The summed E-state index contributed by atoms with van der Waals surface area (Å²) in [5.74, 6) is 2.64. The second kappa shape index (κ2) is 6.79. The number of anilines is 1. The molecule has 4 heterocycles. The first-order chi connectivity index (χ1) is 13.0. The van der Waals surface area contributed by atoms with Crippen molar-refractivity contribution in [3.05, 3.63) is 48.9 Å². The highest BCUT2D eigenvalue weighted by atomic mass is 15.3. The number of imidazole rings is 1. The van der Waals surface area contributed by atoms with Crippen LogP contribution in [0.1, 0.15) is 25.7 Å². The van der Waals surface area contributed by atoms with Crippen LogP contribution in [0.25, 0.3) is 22.4 Å². The summed E-state index contributed by atoms with van der Waals surface area (Å²) in [6.07, 6.45) is 9.06. The lowest BCUT2D eigenvalue weighted by Gasteiger charge is -2.23. The first-order valence-corrected chi connectivity index (χ1v) is 8.88. The molecule has 0 aromatic carbocycles. The van der Waals surface area contributed by atoms with Crippen molar-refractivity contribution >= 4 is 16.9 Å². The number of hydrogen-bond donors (Lipinski definition) is 1. The van der Waals surface area contributed by atoms with Crippen molar-refractivity contribution in [1.29, 1.82) is 0 Å². The summed E-state index contributed by atoms with van der Waals surface area (Å²) in [6.45, 7) is 4.33. The van der Waals surface area contributed by atoms with Crippen molar-refractivity contribution < 1.29 is 0 Å². The van der Waals surface area contributed by atoms with E-state index in [-0.39, 0.29) is 6.04 Å². The Bertz CT molecular complexity index is 1060. The molecule has 0 bridgehead atoms. The van der Waals surface area contributed by atoms with E-state index in [1.165, 1.54) is 0 Å². The van der Waals surface area contributed by atoms with Crippen LogP contribution in [0, 0.1) is 5.92 Å². The molecule has 1 atom stereocenters. The third-order valence-corrected chi connectivity index (χ3v) is 4.61. The highest BCUT2D eigenvalue weighted by molar-refractivity contribution is 5.88. The SMILES string of the molecule is CC(C)[C@@H](Nc1nc(-c2cccnc2)nc2c1cnn2C)c1nccn1C. The van der Waals surface area contributed by atoms with Gasteiger partial charge in [0.05, 0.1) is 17.6 Å². The lowest BCUT2D eigenvalue weighted by molar-refractivity contribution is 0.507. The number of nitrogens with one attached hydrogen (secondary N) is 1. The predicted octanol–water partition coefficient (Wildman–Crippen LogP) is 2.97. The van der Waals surface area contributed by atoms with Gasteiger partial charge in [-0.2, -0.15) is 5.10 Å². The molecule has 4 aromatic heterocycles. The standard InChI is InChI=1S/C19H22N8/c1-12(2)15(19-21-8-9-26(19)3)23-17-14-11-22-27(4)18(14)25-16(24-17)13-6-5-7-20-10-13/h5-12,15H,1-4H3,(H,23,24,25)/t15-/m1/s1. The van der Waals surface area contributed by atoms with Crippen LogP contribution >= 0.6 is 0 Å². The highest BCUT2D eigenvalue weighted by Gasteiger charge is 2.23. The maximum Gasteiger partial charge on any atom is 0.165 e. The molecule has 8 nitrogen and oxygen atoms in total. The normalized spacial score (nSPS) is 12.6. The van der Waals surface area contributed by atoms with Crippen molar-refractivity contribution in [3.63, 3.8) is 0 Å². The molecule has 4 aromatic rings.